The highest BCUT2D eigenvalue weighted by molar-refractivity contribution is 9.10. The van der Waals surface area contributed by atoms with E-state index in [9.17, 15) is 8.42 Å². The maximum absolute atomic E-state index is 12.6. The Balaban J connectivity index is 0.000000317. The molecule has 1 fully saturated rings. The predicted octanol–water partition coefficient (Wildman–Crippen LogP) is 5.78. The molecule has 0 atom stereocenters. The van der Waals surface area contributed by atoms with Gasteiger partial charge in [-0.2, -0.15) is 0 Å². The summed E-state index contributed by atoms with van der Waals surface area (Å²) in [7, 11) is -1.78. The second-order valence-electron chi connectivity index (χ2n) is 9.21. The molecule has 0 unspecified atom stereocenters. The lowest BCUT2D eigenvalue weighted by molar-refractivity contribution is 0.122. The van der Waals surface area contributed by atoms with Crippen molar-refractivity contribution in [2.45, 2.75) is 13.1 Å². The molecular formula is C30H34BrN3O3S. The van der Waals surface area contributed by atoms with Crippen molar-refractivity contribution in [2.24, 2.45) is 0 Å². The van der Waals surface area contributed by atoms with Crippen molar-refractivity contribution in [3.8, 4) is 5.75 Å². The van der Waals surface area contributed by atoms with E-state index in [-0.39, 0.29) is 5.75 Å². The molecule has 0 aliphatic carbocycles. The van der Waals surface area contributed by atoms with Crippen LogP contribution in [-0.4, -0.2) is 61.2 Å². The van der Waals surface area contributed by atoms with Gasteiger partial charge in [0.25, 0.3) is 0 Å². The molecule has 1 saturated heterocycles. The Morgan fingerprint density at radius 1 is 0.868 bits per heavy atom. The number of hydrogen-bond donors (Lipinski definition) is 0. The lowest BCUT2D eigenvalue weighted by atomic mass is 10.1. The third kappa shape index (κ3) is 7.14. The molecule has 1 aromatic heterocycles. The number of piperazine rings is 1. The molecule has 0 amide bonds. The van der Waals surface area contributed by atoms with Gasteiger partial charge in [0.15, 0.2) is 0 Å². The van der Waals surface area contributed by atoms with Gasteiger partial charge >= 0.3 is 0 Å². The predicted molar refractivity (Wildman–Crippen MR) is 159 cm³/mol. The average Bonchev–Trinajstić information content (AvgIpc) is 3.30. The first-order chi connectivity index (χ1) is 18.4. The van der Waals surface area contributed by atoms with Crippen LogP contribution >= 0.6 is 15.9 Å². The van der Waals surface area contributed by atoms with Crippen LogP contribution < -0.4 is 4.74 Å². The van der Waals surface area contributed by atoms with Gasteiger partial charge in [0, 0.05) is 50.9 Å². The molecule has 5 rings (SSSR count). The fourth-order valence-corrected chi connectivity index (χ4v) is 6.25. The Bertz CT molecular complexity index is 1450. The van der Waals surface area contributed by atoms with Gasteiger partial charge in [-0.15, -0.1) is 6.58 Å². The number of para-hydroxylation sites is 2. The van der Waals surface area contributed by atoms with E-state index in [0.717, 1.165) is 66.0 Å². The Kier molecular flexibility index (Phi) is 9.80. The highest BCUT2D eigenvalue weighted by Gasteiger charge is 2.21. The molecule has 6 nitrogen and oxygen atoms in total. The van der Waals surface area contributed by atoms with E-state index in [0.29, 0.717) is 0 Å². The number of rotatable bonds is 8. The minimum Gasteiger partial charge on any atom is -0.496 e. The van der Waals surface area contributed by atoms with E-state index < -0.39 is 10.0 Å². The first-order valence-electron chi connectivity index (χ1n) is 12.6. The molecular weight excluding hydrogens is 562 g/mol. The highest BCUT2D eigenvalue weighted by Crippen LogP contribution is 2.25. The largest absolute Gasteiger partial charge is 0.496 e. The summed E-state index contributed by atoms with van der Waals surface area (Å²) in [4.78, 5) is 4.89. The lowest BCUT2D eigenvalue weighted by Crippen LogP contribution is -2.45. The summed E-state index contributed by atoms with van der Waals surface area (Å²) in [6.45, 7) is 9.31. The van der Waals surface area contributed by atoms with Crippen LogP contribution in [0.3, 0.4) is 0 Å². The SMILES string of the molecule is C=CCS(=O)(=O)n1cc(CN2CCN(Cc3ccccc3)CC2)c2ccccc21.COc1ccccc1Br. The van der Waals surface area contributed by atoms with E-state index in [1.54, 1.807) is 13.3 Å². The van der Waals surface area contributed by atoms with Crippen molar-refractivity contribution < 1.29 is 13.2 Å². The zero-order valence-corrected chi connectivity index (χ0v) is 24.1. The van der Waals surface area contributed by atoms with Gasteiger partial charge in [-0.3, -0.25) is 9.80 Å². The Labute approximate surface area is 234 Å². The zero-order chi connectivity index (χ0) is 27.0. The molecule has 3 aromatic carbocycles. The zero-order valence-electron chi connectivity index (χ0n) is 21.7. The third-order valence-corrected chi connectivity index (χ3v) is 8.77. The summed E-state index contributed by atoms with van der Waals surface area (Å²) in [5.74, 6) is 0.806. The normalized spacial score (nSPS) is 14.6. The number of benzene rings is 3. The minimum atomic E-state index is -3.43. The maximum atomic E-state index is 12.6. The summed E-state index contributed by atoms with van der Waals surface area (Å²) in [5.41, 5.74) is 3.15. The average molecular weight is 597 g/mol. The summed E-state index contributed by atoms with van der Waals surface area (Å²) < 4.78 is 32.7. The minimum absolute atomic E-state index is 0.0662. The van der Waals surface area contributed by atoms with Crippen molar-refractivity contribution in [3.05, 3.63) is 113 Å². The molecule has 8 heteroatoms. The third-order valence-electron chi connectivity index (χ3n) is 6.55. The van der Waals surface area contributed by atoms with Crippen LogP contribution in [0.15, 0.2) is 102 Å². The van der Waals surface area contributed by atoms with Crippen molar-refractivity contribution in [1.29, 1.82) is 0 Å². The second kappa shape index (κ2) is 13.2. The van der Waals surface area contributed by atoms with E-state index in [2.05, 4.69) is 56.6 Å². The summed E-state index contributed by atoms with van der Waals surface area (Å²) in [5, 5.41) is 1.01. The van der Waals surface area contributed by atoms with Crippen molar-refractivity contribution in [1.82, 2.24) is 13.8 Å². The monoisotopic (exact) mass is 595 g/mol. The number of nitrogens with zero attached hydrogens (tertiary/aromatic N) is 3. The van der Waals surface area contributed by atoms with Gasteiger partial charge in [0.05, 0.1) is 22.9 Å². The molecule has 0 spiro atoms. The number of hydrogen-bond acceptors (Lipinski definition) is 5. The topological polar surface area (TPSA) is 54.8 Å². The fraction of sp³-hybridized carbons (Fsp3) is 0.267. The molecule has 200 valence electrons. The number of fused-ring (bicyclic) bond motifs is 1. The van der Waals surface area contributed by atoms with Gasteiger partial charge < -0.3 is 4.74 Å². The molecule has 38 heavy (non-hydrogen) atoms. The molecule has 1 aliphatic rings. The Morgan fingerprint density at radius 3 is 2.11 bits per heavy atom. The second-order valence-corrected chi connectivity index (χ2v) is 12.0. The molecule has 2 heterocycles. The van der Waals surface area contributed by atoms with Crippen molar-refractivity contribution in [2.75, 3.05) is 39.0 Å². The molecule has 4 aromatic rings. The van der Waals surface area contributed by atoms with E-state index in [1.807, 2.05) is 54.6 Å². The van der Waals surface area contributed by atoms with Crippen molar-refractivity contribution in [3.63, 3.8) is 0 Å². The Hall–Kier alpha value is -2.91. The van der Waals surface area contributed by atoms with Gasteiger partial charge in [-0.05, 0) is 45.3 Å². The van der Waals surface area contributed by atoms with Crippen LogP contribution in [0, 0.1) is 0 Å². The van der Waals surface area contributed by atoms with E-state index in [4.69, 9.17) is 4.74 Å². The van der Waals surface area contributed by atoms with Gasteiger partial charge in [-0.1, -0.05) is 66.7 Å². The van der Waals surface area contributed by atoms with Gasteiger partial charge in [0.1, 0.15) is 5.75 Å². The molecule has 0 saturated carbocycles. The van der Waals surface area contributed by atoms with Crippen LogP contribution in [-0.2, 0) is 23.1 Å². The lowest BCUT2D eigenvalue weighted by Gasteiger charge is -2.34. The number of aromatic nitrogens is 1. The van der Waals surface area contributed by atoms with E-state index in [1.165, 1.54) is 15.6 Å². The number of methoxy groups -OCH3 is 1. The van der Waals surface area contributed by atoms with Crippen LogP contribution in [0.1, 0.15) is 11.1 Å². The summed E-state index contributed by atoms with van der Waals surface area (Å²) in [6.07, 6.45) is 3.23. The van der Waals surface area contributed by atoms with Crippen LogP contribution in [0.4, 0.5) is 0 Å². The number of halogens is 1. The van der Waals surface area contributed by atoms with Crippen LogP contribution in [0.5, 0.6) is 5.75 Å². The first-order valence-corrected chi connectivity index (χ1v) is 15.0. The van der Waals surface area contributed by atoms with Crippen LogP contribution in [0.25, 0.3) is 10.9 Å². The molecule has 1 aliphatic heterocycles. The van der Waals surface area contributed by atoms with Gasteiger partial charge in [0.2, 0.25) is 10.0 Å². The summed E-state index contributed by atoms with van der Waals surface area (Å²) in [6, 6.07) is 26.0. The first kappa shape index (κ1) is 28.1. The molecule has 0 bridgehead atoms. The standard InChI is InChI=1S/C23H27N3O2S.C7H7BrO/c1-2-16-29(27,28)26-19-21(22-10-6-7-11-23(22)26)18-25-14-12-24(13-15-25)17-20-8-4-3-5-9-20;1-9-7-5-3-2-4-6(7)8/h2-11,19H,1,12-18H2;2-5H,1H3. The molecule has 0 radical (unpaired) electrons. The van der Waals surface area contributed by atoms with Crippen molar-refractivity contribution >= 4 is 36.9 Å². The summed E-state index contributed by atoms with van der Waals surface area (Å²) >= 11 is 3.33. The fourth-order valence-electron chi connectivity index (χ4n) is 4.60. The van der Waals surface area contributed by atoms with Crippen LogP contribution in [0.2, 0.25) is 0 Å². The van der Waals surface area contributed by atoms with Gasteiger partial charge in [-0.25, -0.2) is 12.4 Å². The number of ether oxygens (including phenoxy) is 1. The smallest absolute Gasteiger partial charge is 0.242 e. The quantitative estimate of drug-likeness (QED) is 0.242. The maximum Gasteiger partial charge on any atom is 0.242 e. The Morgan fingerprint density at radius 2 is 1.47 bits per heavy atom. The molecule has 0 N–H and O–H groups in total. The highest BCUT2D eigenvalue weighted by atomic mass is 79.9. The van der Waals surface area contributed by atoms with E-state index >= 15 is 0 Å².